The number of rotatable bonds is 7. The van der Waals surface area contributed by atoms with Crippen LogP contribution in [0.4, 0.5) is 0 Å². The molecule has 2 N–H and O–H groups in total. The molecule has 1 fully saturated rings. The van der Waals surface area contributed by atoms with Crippen molar-refractivity contribution >= 4 is 17.2 Å². The van der Waals surface area contributed by atoms with Gasteiger partial charge in [-0.05, 0) is 45.1 Å². The van der Waals surface area contributed by atoms with Crippen LogP contribution in [-0.4, -0.2) is 32.3 Å². The van der Waals surface area contributed by atoms with Crippen LogP contribution in [0.1, 0.15) is 64.1 Å². The van der Waals surface area contributed by atoms with Crippen molar-refractivity contribution in [1.82, 2.24) is 20.1 Å². The van der Waals surface area contributed by atoms with Crippen LogP contribution in [0.2, 0.25) is 0 Å². The van der Waals surface area contributed by atoms with Gasteiger partial charge in [0.25, 0.3) is 0 Å². The summed E-state index contributed by atoms with van der Waals surface area (Å²) >= 11 is 1.55. The molecule has 0 spiro atoms. The molecule has 0 aliphatic heterocycles. The summed E-state index contributed by atoms with van der Waals surface area (Å²) in [5, 5.41) is 20.0. The van der Waals surface area contributed by atoms with Gasteiger partial charge in [0.1, 0.15) is 5.01 Å². The third kappa shape index (κ3) is 5.71. The maximum atomic E-state index is 12.5. The van der Waals surface area contributed by atoms with E-state index in [0.29, 0.717) is 12.3 Å². The fraction of sp³-hybridized carbons (Fsp3) is 0.500. The van der Waals surface area contributed by atoms with E-state index in [4.69, 9.17) is 4.98 Å². The predicted octanol–water partition coefficient (Wildman–Crippen LogP) is 5.16. The van der Waals surface area contributed by atoms with Crippen LogP contribution in [0.15, 0.2) is 35.8 Å². The molecule has 4 rings (SSSR count). The number of hydrogen-bond donors (Lipinski definition) is 2. The minimum absolute atomic E-state index is 0.0182. The normalized spacial score (nSPS) is 15.0. The first-order valence-corrected chi connectivity index (χ1v) is 12.7. The summed E-state index contributed by atoms with van der Waals surface area (Å²) in [7, 11) is 0. The first-order chi connectivity index (χ1) is 15.8. The van der Waals surface area contributed by atoms with Crippen molar-refractivity contribution in [3.8, 4) is 21.8 Å². The molecule has 1 aromatic carbocycles. The summed E-state index contributed by atoms with van der Waals surface area (Å²) in [6.07, 6.45) is 8.50. The zero-order chi connectivity index (χ0) is 23.4. The first-order valence-electron chi connectivity index (χ1n) is 11.9. The number of benzene rings is 1. The Bertz CT molecular complexity index is 1070. The van der Waals surface area contributed by atoms with Crippen LogP contribution in [0, 0.1) is 5.92 Å². The molecular formula is C26H34N4O2S. The Morgan fingerprint density at radius 2 is 1.91 bits per heavy atom. The lowest BCUT2D eigenvalue weighted by atomic mass is 9.89. The standard InChI is InChI=1S/C26H34N4O2S/c1-26(2,3)30-24(20-11-9-19(16-31)10-12-20)22(15-28-30)25-29-21(17-33-25)13-23(32)27-14-18-7-5-4-6-8-18/h9-12,15,17-18,31H,4-8,13-14,16H2,1-3H3,(H,27,32). The highest BCUT2D eigenvalue weighted by molar-refractivity contribution is 7.13. The monoisotopic (exact) mass is 466 g/mol. The highest BCUT2D eigenvalue weighted by Crippen LogP contribution is 2.37. The van der Waals surface area contributed by atoms with Crippen LogP contribution >= 0.6 is 11.3 Å². The Balaban J connectivity index is 1.53. The number of nitrogens with one attached hydrogen (secondary N) is 1. The Labute approximate surface area is 200 Å². The highest BCUT2D eigenvalue weighted by atomic mass is 32.1. The molecule has 33 heavy (non-hydrogen) atoms. The first kappa shape index (κ1) is 23.6. The Morgan fingerprint density at radius 3 is 2.58 bits per heavy atom. The van der Waals surface area contributed by atoms with Crippen molar-refractivity contribution in [1.29, 1.82) is 0 Å². The van der Waals surface area contributed by atoms with Gasteiger partial charge in [-0.2, -0.15) is 5.10 Å². The van der Waals surface area contributed by atoms with Crippen molar-refractivity contribution in [3.05, 3.63) is 47.1 Å². The predicted molar refractivity (Wildman–Crippen MR) is 133 cm³/mol. The highest BCUT2D eigenvalue weighted by Gasteiger charge is 2.24. The van der Waals surface area contributed by atoms with Crippen molar-refractivity contribution in [2.75, 3.05) is 6.54 Å². The number of carbonyl (C=O) groups excluding carboxylic acids is 1. The molecule has 1 saturated carbocycles. The van der Waals surface area contributed by atoms with Crippen molar-refractivity contribution < 1.29 is 9.90 Å². The van der Waals surface area contributed by atoms with Gasteiger partial charge in [0.15, 0.2) is 0 Å². The summed E-state index contributed by atoms with van der Waals surface area (Å²) in [4.78, 5) is 17.3. The van der Waals surface area contributed by atoms with Gasteiger partial charge in [0.05, 0.1) is 41.7 Å². The summed E-state index contributed by atoms with van der Waals surface area (Å²) < 4.78 is 2.02. The lowest BCUT2D eigenvalue weighted by molar-refractivity contribution is -0.120. The molecule has 1 aliphatic rings. The van der Waals surface area contributed by atoms with Gasteiger partial charge in [0.2, 0.25) is 5.91 Å². The Hall–Kier alpha value is -2.51. The van der Waals surface area contributed by atoms with E-state index in [1.54, 1.807) is 11.3 Å². The van der Waals surface area contributed by atoms with Gasteiger partial charge in [-0.1, -0.05) is 43.5 Å². The number of carbonyl (C=O) groups is 1. The summed E-state index contributed by atoms with van der Waals surface area (Å²) in [5.74, 6) is 0.666. The molecule has 7 heteroatoms. The average molecular weight is 467 g/mol. The number of thiazole rings is 1. The van der Waals surface area contributed by atoms with E-state index in [9.17, 15) is 9.90 Å². The fourth-order valence-electron chi connectivity index (χ4n) is 4.45. The van der Waals surface area contributed by atoms with Crippen molar-refractivity contribution in [2.45, 2.75) is 71.4 Å². The number of aliphatic hydroxyl groups excluding tert-OH is 1. The molecule has 0 bridgehead atoms. The molecule has 176 valence electrons. The van der Waals surface area contributed by atoms with Crippen LogP contribution in [0.25, 0.3) is 21.8 Å². The zero-order valence-corrected chi connectivity index (χ0v) is 20.6. The average Bonchev–Trinajstić information content (AvgIpc) is 3.45. The van der Waals surface area contributed by atoms with Crippen molar-refractivity contribution in [3.63, 3.8) is 0 Å². The van der Waals surface area contributed by atoms with Gasteiger partial charge in [-0.25, -0.2) is 4.98 Å². The van der Waals surface area contributed by atoms with Gasteiger partial charge >= 0.3 is 0 Å². The van der Waals surface area contributed by atoms with E-state index >= 15 is 0 Å². The molecule has 1 amide bonds. The molecular weight excluding hydrogens is 432 g/mol. The summed E-state index contributed by atoms with van der Waals surface area (Å²) in [6.45, 7) is 7.17. The van der Waals surface area contributed by atoms with E-state index in [1.807, 2.05) is 40.5 Å². The minimum Gasteiger partial charge on any atom is -0.392 e. The molecule has 6 nitrogen and oxygen atoms in total. The van der Waals surface area contributed by atoms with Crippen LogP contribution in [0.5, 0.6) is 0 Å². The lowest BCUT2D eigenvalue weighted by Gasteiger charge is -2.23. The number of nitrogens with zero attached hydrogens (tertiary/aromatic N) is 3. The van der Waals surface area contributed by atoms with Crippen LogP contribution in [0.3, 0.4) is 0 Å². The van der Waals surface area contributed by atoms with Gasteiger partial charge in [0, 0.05) is 17.5 Å². The topological polar surface area (TPSA) is 80.0 Å². The molecule has 0 atom stereocenters. The number of aromatic nitrogens is 3. The van der Waals surface area contributed by atoms with Crippen LogP contribution < -0.4 is 5.32 Å². The molecule has 1 aliphatic carbocycles. The smallest absolute Gasteiger partial charge is 0.226 e. The third-order valence-electron chi connectivity index (χ3n) is 6.25. The second-order valence-electron chi connectivity index (χ2n) is 9.97. The third-order valence-corrected chi connectivity index (χ3v) is 7.18. The van der Waals surface area contributed by atoms with Gasteiger partial charge < -0.3 is 10.4 Å². The lowest BCUT2D eigenvalue weighted by Crippen LogP contribution is -2.31. The maximum Gasteiger partial charge on any atom is 0.226 e. The number of aliphatic hydroxyl groups is 1. The van der Waals surface area contributed by atoms with E-state index < -0.39 is 0 Å². The Morgan fingerprint density at radius 1 is 1.18 bits per heavy atom. The Kier molecular flexibility index (Phi) is 7.29. The molecule has 0 unspecified atom stereocenters. The summed E-state index contributed by atoms with van der Waals surface area (Å²) in [6, 6.07) is 7.90. The van der Waals surface area contributed by atoms with Crippen LogP contribution in [-0.2, 0) is 23.4 Å². The van der Waals surface area contributed by atoms with E-state index in [1.165, 1.54) is 32.1 Å². The van der Waals surface area contributed by atoms with Gasteiger partial charge in [-0.15, -0.1) is 11.3 Å². The van der Waals surface area contributed by atoms with E-state index in [0.717, 1.165) is 39.6 Å². The molecule has 3 aromatic rings. The van der Waals surface area contributed by atoms with Gasteiger partial charge in [-0.3, -0.25) is 9.48 Å². The second kappa shape index (κ2) is 10.2. The van der Waals surface area contributed by atoms with E-state index in [2.05, 4.69) is 31.2 Å². The number of hydrogen-bond acceptors (Lipinski definition) is 5. The fourth-order valence-corrected chi connectivity index (χ4v) is 5.28. The largest absolute Gasteiger partial charge is 0.392 e. The van der Waals surface area contributed by atoms with Crippen molar-refractivity contribution in [2.24, 2.45) is 5.92 Å². The molecule has 2 aromatic heterocycles. The molecule has 2 heterocycles. The number of amides is 1. The quantitative estimate of drug-likeness (QED) is 0.504. The minimum atomic E-state index is -0.206. The maximum absolute atomic E-state index is 12.5. The zero-order valence-electron chi connectivity index (χ0n) is 19.8. The molecule has 0 saturated heterocycles. The van der Waals surface area contributed by atoms with E-state index in [-0.39, 0.29) is 18.1 Å². The molecule has 0 radical (unpaired) electrons. The summed E-state index contributed by atoms with van der Waals surface area (Å²) in [5.41, 5.74) is 4.44. The SMILES string of the molecule is CC(C)(C)n1ncc(-c2nc(CC(=O)NCC3CCCCC3)cs2)c1-c1ccc(CO)cc1. The second-order valence-corrected chi connectivity index (χ2v) is 10.8.